The maximum Gasteiger partial charge on any atom is 0.0202 e. The van der Waals surface area contributed by atoms with Crippen LogP contribution in [0.4, 0.5) is 0 Å². The van der Waals surface area contributed by atoms with Crippen molar-refractivity contribution in [3.63, 3.8) is 0 Å². The molecule has 1 unspecified atom stereocenters. The average molecular weight is 149 g/mol. The Morgan fingerprint density at radius 2 is 1.33 bits per heavy atom. The first-order valence-electron chi connectivity index (χ1n) is 2.37. The van der Waals surface area contributed by atoms with Gasteiger partial charge >= 0.3 is 0 Å². The predicted octanol–water partition coefficient (Wildman–Crippen LogP) is 2.04. The molecule has 1 fully saturated rings. The highest BCUT2D eigenvalue weighted by atomic mass is 79.9. The summed E-state index contributed by atoms with van der Waals surface area (Å²) in [5, 5.41) is 0. The van der Waals surface area contributed by atoms with Crippen LogP contribution >= 0.6 is 15.9 Å². The Labute approximate surface area is 47.1 Å². The van der Waals surface area contributed by atoms with Crippen molar-refractivity contribution in [2.24, 2.45) is 11.8 Å². The number of halogens is 1. The van der Waals surface area contributed by atoms with Gasteiger partial charge < -0.3 is 0 Å². The maximum absolute atomic E-state index is 3.51. The Hall–Kier alpha value is 0.480. The second-order valence-corrected chi connectivity index (χ2v) is 3.22. The van der Waals surface area contributed by atoms with Crippen LogP contribution in [0.5, 0.6) is 0 Å². The number of hydrogen-bond acceptors (Lipinski definition) is 0. The highest BCUT2D eigenvalue weighted by Gasteiger charge is 2.40. The molecule has 0 aromatic carbocycles. The van der Waals surface area contributed by atoms with Crippen molar-refractivity contribution >= 4 is 15.9 Å². The summed E-state index contributed by atoms with van der Waals surface area (Å²) in [4.78, 5) is 0.831. The molecule has 0 saturated heterocycles. The van der Waals surface area contributed by atoms with E-state index in [9.17, 15) is 0 Å². The Kier molecular flexibility index (Phi) is 0.945. The molecule has 0 N–H and O–H groups in total. The summed E-state index contributed by atoms with van der Waals surface area (Å²) in [6.07, 6.45) is 0. The second kappa shape index (κ2) is 1.22. The molecule has 0 amide bonds. The largest absolute Gasteiger partial charge is 0.0885 e. The summed E-state index contributed by atoms with van der Waals surface area (Å²) in [6, 6.07) is 0. The first-order valence-corrected chi connectivity index (χ1v) is 3.29. The molecule has 0 spiro atoms. The Balaban J connectivity index is 2.31. The van der Waals surface area contributed by atoms with E-state index >= 15 is 0 Å². The van der Waals surface area contributed by atoms with Crippen LogP contribution in [-0.4, -0.2) is 4.83 Å². The summed E-state index contributed by atoms with van der Waals surface area (Å²) >= 11 is 3.51. The minimum absolute atomic E-state index is 0.831. The first-order chi connectivity index (χ1) is 2.73. The van der Waals surface area contributed by atoms with E-state index in [1.807, 2.05) is 0 Å². The predicted molar refractivity (Wildman–Crippen MR) is 31.0 cm³/mol. The Bertz CT molecular complexity index is 40.7. The van der Waals surface area contributed by atoms with Gasteiger partial charge in [0.05, 0.1) is 0 Å². The van der Waals surface area contributed by atoms with Gasteiger partial charge in [-0.3, -0.25) is 0 Å². The van der Waals surface area contributed by atoms with Crippen molar-refractivity contribution in [1.29, 1.82) is 0 Å². The molecule has 1 heteroatoms. The number of alkyl halides is 1. The molecule has 0 bridgehead atoms. The highest BCUT2D eigenvalue weighted by molar-refractivity contribution is 9.09. The third-order valence-electron chi connectivity index (χ3n) is 1.69. The summed E-state index contributed by atoms with van der Waals surface area (Å²) in [5.74, 6) is 1.87. The van der Waals surface area contributed by atoms with Gasteiger partial charge in [0.1, 0.15) is 0 Å². The van der Waals surface area contributed by atoms with Crippen LogP contribution in [0.1, 0.15) is 13.8 Å². The lowest BCUT2D eigenvalue weighted by atomic mass is 10.4. The average Bonchev–Trinajstić information content (AvgIpc) is 1.94. The number of rotatable bonds is 0. The van der Waals surface area contributed by atoms with E-state index in [0.717, 1.165) is 16.7 Å². The van der Waals surface area contributed by atoms with Gasteiger partial charge in [0.25, 0.3) is 0 Å². The molecule has 0 nitrogen and oxygen atoms in total. The van der Waals surface area contributed by atoms with Crippen molar-refractivity contribution in [3.8, 4) is 0 Å². The van der Waals surface area contributed by atoms with Gasteiger partial charge in [-0.1, -0.05) is 29.8 Å². The standard InChI is InChI=1S/C5H9Br/c1-3-4(2)5(3)6/h3-5H,1-2H3/t3-,4+,5?. The molecule has 1 aliphatic carbocycles. The Morgan fingerprint density at radius 1 is 1.17 bits per heavy atom. The van der Waals surface area contributed by atoms with E-state index in [1.54, 1.807) is 0 Å². The van der Waals surface area contributed by atoms with Crippen LogP contribution in [0.2, 0.25) is 0 Å². The highest BCUT2D eigenvalue weighted by Crippen LogP contribution is 2.43. The summed E-state index contributed by atoms with van der Waals surface area (Å²) in [5.41, 5.74) is 0. The summed E-state index contributed by atoms with van der Waals surface area (Å²) in [7, 11) is 0. The van der Waals surface area contributed by atoms with Crippen molar-refractivity contribution in [1.82, 2.24) is 0 Å². The Morgan fingerprint density at radius 3 is 1.33 bits per heavy atom. The fourth-order valence-corrected chi connectivity index (χ4v) is 1.39. The fourth-order valence-electron chi connectivity index (χ4n) is 0.602. The van der Waals surface area contributed by atoms with Gasteiger partial charge in [0, 0.05) is 4.83 Å². The lowest BCUT2D eigenvalue weighted by Gasteiger charge is -1.65. The van der Waals surface area contributed by atoms with Gasteiger partial charge in [-0.25, -0.2) is 0 Å². The van der Waals surface area contributed by atoms with Gasteiger partial charge in [-0.05, 0) is 11.8 Å². The zero-order valence-electron chi connectivity index (χ0n) is 4.11. The van der Waals surface area contributed by atoms with Gasteiger partial charge in [-0.2, -0.15) is 0 Å². The molecule has 6 heavy (non-hydrogen) atoms. The van der Waals surface area contributed by atoms with Crippen LogP contribution in [0.3, 0.4) is 0 Å². The van der Waals surface area contributed by atoms with Crippen LogP contribution < -0.4 is 0 Å². The van der Waals surface area contributed by atoms with E-state index in [1.165, 1.54) is 0 Å². The summed E-state index contributed by atoms with van der Waals surface area (Å²) < 4.78 is 0. The third kappa shape index (κ3) is 0.494. The van der Waals surface area contributed by atoms with Gasteiger partial charge in [0.15, 0.2) is 0 Å². The van der Waals surface area contributed by atoms with Crippen LogP contribution in [-0.2, 0) is 0 Å². The van der Waals surface area contributed by atoms with E-state index in [0.29, 0.717) is 0 Å². The lowest BCUT2D eigenvalue weighted by molar-refractivity contribution is 0.834. The molecule has 3 atom stereocenters. The molecule has 1 rings (SSSR count). The van der Waals surface area contributed by atoms with Crippen molar-refractivity contribution in [2.75, 3.05) is 0 Å². The third-order valence-corrected chi connectivity index (χ3v) is 3.36. The fraction of sp³-hybridized carbons (Fsp3) is 1.00. The van der Waals surface area contributed by atoms with E-state index in [2.05, 4.69) is 29.8 Å². The topological polar surface area (TPSA) is 0 Å². The lowest BCUT2D eigenvalue weighted by Crippen LogP contribution is -1.60. The van der Waals surface area contributed by atoms with Gasteiger partial charge in [0.2, 0.25) is 0 Å². The normalized spacial score (nSPS) is 55.5. The summed E-state index contributed by atoms with van der Waals surface area (Å²) in [6.45, 7) is 4.54. The SMILES string of the molecule is C[C@@H]1C(Br)[C@@H]1C. The first kappa shape index (κ1) is 4.63. The second-order valence-electron chi connectivity index (χ2n) is 2.16. The molecular weight excluding hydrogens is 140 g/mol. The van der Waals surface area contributed by atoms with E-state index in [-0.39, 0.29) is 0 Å². The molecule has 0 aliphatic heterocycles. The molecule has 0 radical (unpaired) electrons. The monoisotopic (exact) mass is 148 g/mol. The maximum atomic E-state index is 3.51. The minimum atomic E-state index is 0.831. The molecule has 36 valence electrons. The molecule has 1 saturated carbocycles. The molecule has 0 heterocycles. The van der Waals surface area contributed by atoms with Crippen LogP contribution in [0.15, 0.2) is 0 Å². The van der Waals surface area contributed by atoms with Crippen molar-refractivity contribution < 1.29 is 0 Å². The molecule has 1 aliphatic rings. The molecule has 0 aromatic heterocycles. The van der Waals surface area contributed by atoms with Crippen LogP contribution in [0.25, 0.3) is 0 Å². The molecule has 0 aromatic rings. The van der Waals surface area contributed by atoms with Crippen molar-refractivity contribution in [2.45, 2.75) is 18.7 Å². The minimum Gasteiger partial charge on any atom is -0.0885 e. The van der Waals surface area contributed by atoms with Crippen molar-refractivity contribution in [3.05, 3.63) is 0 Å². The quantitative estimate of drug-likeness (QED) is 0.462. The van der Waals surface area contributed by atoms with Crippen LogP contribution in [0, 0.1) is 11.8 Å². The number of hydrogen-bond donors (Lipinski definition) is 0. The van der Waals surface area contributed by atoms with Gasteiger partial charge in [-0.15, -0.1) is 0 Å². The zero-order valence-corrected chi connectivity index (χ0v) is 5.70. The smallest absolute Gasteiger partial charge is 0.0202 e. The zero-order chi connectivity index (χ0) is 4.73. The van der Waals surface area contributed by atoms with E-state index < -0.39 is 0 Å². The molecular formula is C5H9Br. The van der Waals surface area contributed by atoms with E-state index in [4.69, 9.17) is 0 Å².